The van der Waals surface area contributed by atoms with Crippen LogP contribution < -0.4 is 0 Å². The normalized spacial score (nSPS) is 35.6. The van der Waals surface area contributed by atoms with Gasteiger partial charge in [0.05, 0.1) is 0 Å². The van der Waals surface area contributed by atoms with Crippen LogP contribution in [0.15, 0.2) is 24.3 Å². The first-order chi connectivity index (χ1) is 15.1. The van der Waals surface area contributed by atoms with Crippen LogP contribution in [0.1, 0.15) is 95.9 Å². The van der Waals surface area contributed by atoms with Gasteiger partial charge in [0.15, 0.2) is 0 Å². The van der Waals surface area contributed by atoms with Crippen molar-refractivity contribution in [2.75, 3.05) is 0 Å². The molecule has 0 aromatic heterocycles. The minimum absolute atomic E-state index is 0.0889. The van der Waals surface area contributed by atoms with Crippen molar-refractivity contribution >= 4 is 11.6 Å². The van der Waals surface area contributed by atoms with Crippen molar-refractivity contribution in [3.63, 3.8) is 0 Å². The van der Waals surface area contributed by atoms with Crippen LogP contribution in [0.5, 0.6) is 0 Å². The summed E-state index contributed by atoms with van der Waals surface area (Å²) in [5.74, 6) is 0.240. The molecular formula is C30H36O2. The van der Waals surface area contributed by atoms with E-state index in [4.69, 9.17) is 0 Å². The highest BCUT2D eigenvalue weighted by Crippen LogP contribution is 2.59. The monoisotopic (exact) mass is 428 g/mol. The van der Waals surface area contributed by atoms with E-state index in [1.807, 2.05) is 0 Å². The Kier molecular flexibility index (Phi) is 4.82. The second kappa shape index (κ2) is 7.14. The Bertz CT molecular complexity index is 978. The number of hydrogen-bond acceptors (Lipinski definition) is 2. The lowest BCUT2D eigenvalue weighted by atomic mass is 9.48. The van der Waals surface area contributed by atoms with Crippen LogP contribution in [0, 0.1) is 51.4 Å². The molecule has 2 aromatic rings. The molecule has 8 unspecified atom stereocenters. The van der Waals surface area contributed by atoms with E-state index in [1.54, 1.807) is 0 Å². The number of fused-ring (bicyclic) bond motifs is 4. The summed E-state index contributed by atoms with van der Waals surface area (Å²) in [7, 11) is 0. The van der Waals surface area contributed by atoms with E-state index < -0.39 is 0 Å². The minimum Gasteiger partial charge on any atom is -0.299 e. The highest BCUT2D eigenvalue weighted by atomic mass is 16.1. The Morgan fingerprint density at radius 3 is 0.812 bits per heavy atom. The molecule has 0 N–H and O–H groups in total. The van der Waals surface area contributed by atoms with Crippen molar-refractivity contribution in [3.8, 4) is 0 Å². The molecular weight excluding hydrogens is 392 g/mol. The van der Waals surface area contributed by atoms with Crippen molar-refractivity contribution in [1.29, 1.82) is 0 Å². The van der Waals surface area contributed by atoms with Gasteiger partial charge in [0.25, 0.3) is 0 Å². The molecule has 0 bridgehead atoms. The molecule has 0 aliphatic heterocycles. The maximum atomic E-state index is 14.3. The Hall–Kier alpha value is -2.22. The topological polar surface area (TPSA) is 34.1 Å². The smallest absolute Gasteiger partial charge is 0.141 e. The Labute approximate surface area is 192 Å². The number of ketones is 2. The van der Waals surface area contributed by atoms with Crippen LogP contribution >= 0.6 is 0 Å². The van der Waals surface area contributed by atoms with E-state index in [1.165, 1.54) is 44.5 Å². The number of carbonyl (C=O) groups excluding carboxylic acids is 2. The molecule has 1 saturated carbocycles. The maximum absolute atomic E-state index is 14.3. The fourth-order valence-electron chi connectivity index (χ4n) is 8.23. The van der Waals surface area contributed by atoms with Gasteiger partial charge in [0, 0.05) is 23.7 Å². The van der Waals surface area contributed by atoms with E-state index >= 15 is 0 Å². The number of rotatable bonds is 0. The van der Waals surface area contributed by atoms with Crippen LogP contribution in [0.3, 0.4) is 0 Å². The van der Waals surface area contributed by atoms with Gasteiger partial charge in [0.1, 0.15) is 11.6 Å². The summed E-state index contributed by atoms with van der Waals surface area (Å²) < 4.78 is 0. The lowest BCUT2D eigenvalue weighted by Crippen LogP contribution is -2.56. The Balaban J connectivity index is 1.71. The first kappa shape index (κ1) is 21.6. The summed E-state index contributed by atoms with van der Waals surface area (Å²) >= 11 is 0. The number of hydrogen-bond donors (Lipinski definition) is 0. The zero-order valence-corrected chi connectivity index (χ0v) is 20.7. The number of carbonyl (C=O) groups is 2. The summed E-state index contributed by atoms with van der Waals surface area (Å²) in [5, 5.41) is 0. The highest BCUT2D eigenvalue weighted by molar-refractivity contribution is 6.02. The van der Waals surface area contributed by atoms with Gasteiger partial charge in [-0.2, -0.15) is 0 Å². The SMILES string of the molecule is Cc1ccc(C)c2c1C(C)C1C(=O)C3C(C)c4c(C)ccc(C)c4C(C)C3C(=O)C1C2C. The van der Waals surface area contributed by atoms with Crippen LogP contribution in [0.2, 0.25) is 0 Å². The van der Waals surface area contributed by atoms with Crippen molar-refractivity contribution in [2.24, 2.45) is 23.7 Å². The van der Waals surface area contributed by atoms with Gasteiger partial charge in [-0.05, 0) is 95.9 Å². The Morgan fingerprint density at radius 2 is 0.625 bits per heavy atom. The molecule has 5 rings (SSSR count). The standard InChI is InChI=1S/C30H36O2/c1-13-9-10-14(2)22-18(6)26-25(17(5)21(13)22)29(31)27-19(7)23-15(3)11-12-16(4)24(23)20(8)28(27)30(26)32/h9-12,17-20,25-28H,1-8H3. The van der Waals surface area contributed by atoms with E-state index in [0.717, 1.165) is 0 Å². The second-order valence-corrected chi connectivity index (χ2v) is 11.1. The molecule has 1 fully saturated rings. The van der Waals surface area contributed by atoms with Gasteiger partial charge in [-0.3, -0.25) is 9.59 Å². The summed E-state index contributed by atoms with van der Waals surface area (Å²) in [6, 6.07) is 8.74. The molecule has 2 heteroatoms. The average Bonchev–Trinajstić information content (AvgIpc) is 2.74. The molecule has 0 amide bonds. The fourth-order valence-corrected chi connectivity index (χ4v) is 8.23. The van der Waals surface area contributed by atoms with Gasteiger partial charge in [-0.25, -0.2) is 0 Å². The maximum Gasteiger partial charge on any atom is 0.141 e. The molecule has 32 heavy (non-hydrogen) atoms. The zero-order valence-electron chi connectivity index (χ0n) is 20.7. The van der Waals surface area contributed by atoms with Crippen molar-refractivity contribution in [3.05, 3.63) is 68.8 Å². The molecule has 3 aliphatic rings. The zero-order chi connectivity index (χ0) is 23.2. The third-order valence-electron chi connectivity index (χ3n) is 9.51. The third-order valence-corrected chi connectivity index (χ3v) is 9.51. The van der Waals surface area contributed by atoms with Gasteiger partial charge < -0.3 is 0 Å². The van der Waals surface area contributed by atoms with Crippen LogP contribution in [-0.2, 0) is 9.59 Å². The fraction of sp³-hybridized carbons (Fsp3) is 0.533. The molecule has 0 radical (unpaired) electrons. The quantitative estimate of drug-likeness (QED) is 0.469. The summed E-state index contributed by atoms with van der Waals surface area (Å²) in [4.78, 5) is 28.6. The van der Waals surface area contributed by atoms with Crippen molar-refractivity contribution < 1.29 is 9.59 Å². The number of aryl methyl sites for hydroxylation is 4. The van der Waals surface area contributed by atoms with E-state index in [2.05, 4.69) is 79.7 Å². The van der Waals surface area contributed by atoms with Crippen LogP contribution in [0.4, 0.5) is 0 Å². The van der Waals surface area contributed by atoms with Crippen molar-refractivity contribution in [1.82, 2.24) is 0 Å². The molecule has 3 aliphatic carbocycles. The number of Topliss-reactive ketones (excluding diaryl/α,β-unsaturated/α-hetero) is 2. The number of benzene rings is 2. The largest absolute Gasteiger partial charge is 0.299 e. The van der Waals surface area contributed by atoms with Gasteiger partial charge in [-0.1, -0.05) is 52.0 Å². The van der Waals surface area contributed by atoms with E-state index in [9.17, 15) is 9.59 Å². The van der Waals surface area contributed by atoms with Crippen LogP contribution in [0.25, 0.3) is 0 Å². The predicted molar refractivity (Wildman–Crippen MR) is 129 cm³/mol. The second-order valence-electron chi connectivity index (χ2n) is 11.1. The van der Waals surface area contributed by atoms with Gasteiger partial charge >= 0.3 is 0 Å². The highest BCUT2D eigenvalue weighted by Gasteiger charge is 2.59. The molecule has 8 atom stereocenters. The van der Waals surface area contributed by atoms with Crippen molar-refractivity contribution in [2.45, 2.75) is 79.1 Å². The average molecular weight is 429 g/mol. The molecule has 0 saturated heterocycles. The van der Waals surface area contributed by atoms with Crippen LogP contribution in [-0.4, -0.2) is 11.6 Å². The summed E-state index contributed by atoms with van der Waals surface area (Å²) in [6.45, 7) is 17.4. The van der Waals surface area contributed by atoms with E-state index in [-0.39, 0.29) is 47.3 Å². The van der Waals surface area contributed by atoms with Gasteiger partial charge in [-0.15, -0.1) is 0 Å². The lowest BCUT2D eigenvalue weighted by Gasteiger charge is -2.53. The first-order valence-electron chi connectivity index (χ1n) is 12.3. The minimum atomic E-state index is -0.201. The molecule has 0 heterocycles. The Morgan fingerprint density at radius 1 is 0.438 bits per heavy atom. The molecule has 168 valence electrons. The first-order valence-corrected chi connectivity index (χ1v) is 12.3. The lowest BCUT2D eigenvalue weighted by molar-refractivity contribution is -0.152. The molecule has 2 nitrogen and oxygen atoms in total. The molecule has 0 spiro atoms. The van der Waals surface area contributed by atoms with Gasteiger partial charge in [0.2, 0.25) is 0 Å². The summed E-state index contributed by atoms with van der Waals surface area (Å²) in [5.41, 5.74) is 10.3. The predicted octanol–water partition coefficient (Wildman–Crippen LogP) is 6.68. The molecule has 2 aromatic carbocycles. The third kappa shape index (κ3) is 2.59. The van der Waals surface area contributed by atoms with E-state index in [0.29, 0.717) is 11.6 Å². The summed E-state index contributed by atoms with van der Waals surface area (Å²) in [6.07, 6.45) is 0.